The van der Waals surface area contributed by atoms with E-state index in [-0.39, 0.29) is 0 Å². The predicted molar refractivity (Wildman–Crippen MR) is 35.0 cm³/mol. The van der Waals surface area contributed by atoms with Gasteiger partial charge in [0.1, 0.15) is 18.3 Å². The predicted octanol–water partition coefficient (Wildman–Crippen LogP) is -3.54. The zero-order chi connectivity index (χ0) is 9.85. The summed E-state index contributed by atoms with van der Waals surface area (Å²) in [6.45, 7) is -0.597. The van der Waals surface area contributed by atoms with E-state index in [1.807, 2.05) is 0 Å². The van der Waals surface area contributed by atoms with Crippen molar-refractivity contribution in [3.8, 4) is 0 Å². The van der Waals surface area contributed by atoms with E-state index in [0.29, 0.717) is 0 Å². The molecule has 0 spiro atoms. The fraction of sp³-hybridized carbons (Fsp3) is 1.00. The van der Waals surface area contributed by atoms with Crippen molar-refractivity contribution in [3.05, 3.63) is 0 Å². The Morgan fingerprint density at radius 1 is 1.23 bits per heavy atom. The van der Waals surface area contributed by atoms with Crippen LogP contribution in [0.4, 0.5) is 0 Å². The topological polar surface area (TPSA) is 123 Å². The number of ether oxygens (including phenoxy) is 2. The molecule has 0 aromatic heterocycles. The molecule has 0 aromatic carbocycles. The van der Waals surface area contributed by atoms with E-state index >= 15 is 0 Å². The Bertz CT molecular complexity index is 233. The van der Waals surface area contributed by atoms with E-state index in [4.69, 9.17) is 5.11 Å². The number of epoxide rings is 1. The molecule has 7 heteroatoms. The van der Waals surface area contributed by atoms with E-state index in [0.717, 1.165) is 0 Å². The van der Waals surface area contributed by atoms with Crippen molar-refractivity contribution in [2.24, 2.45) is 0 Å². The second-order valence-electron chi connectivity index (χ2n) is 3.15. The molecule has 0 saturated carbocycles. The molecule has 76 valence electrons. The first-order valence-electron chi connectivity index (χ1n) is 3.74. The highest BCUT2D eigenvalue weighted by atomic mass is 17.0. The van der Waals surface area contributed by atoms with Gasteiger partial charge < -0.3 is 30.3 Å². The average Bonchev–Trinajstić information content (AvgIpc) is 2.64. The fourth-order valence-corrected chi connectivity index (χ4v) is 1.40. The number of hydrogen-bond donors (Lipinski definition) is 5. The summed E-state index contributed by atoms with van der Waals surface area (Å²) in [5.41, 5.74) is 0. The Hall–Kier alpha value is -0.280. The molecule has 0 amide bonds. The molecule has 0 aromatic rings. The molecule has 5 N–H and O–H groups in total. The minimum atomic E-state index is -2.31. The summed E-state index contributed by atoms with van der Waals surface area (Å²) >= 11 is 0. The van der Waals surface area contributed by atoms with Crippen LogP contribution in [0.25, 0.3) is 0 Å². The van der Waals surface area contributed by atoms with Gasteiger partial charge in [-0.3, -0.25) is 4.74 Å². The maximum absolute atomic E-state index is 9.27. The van der Waals surface area contributed by atoms with Crippen LogP contribution in [-0.2, 0) is 9.47 Å². The third-order valence-electron chi connectivity index (χ3n) is 2.30. The fourth-order valence-electron chi connectivity index (χ4n) is 1.40. The van der Waals surface area contributed by atoms with Crippen molar-refractivity contribution in [1.29, 1.82) is 0 Å². The Morgan fingerprint density at radius 2 is 1.85 bits per heavy atom. The summed E-state index contributed by atoms with van der Waals surface area (Å²) in [5.74, 6) is -4.59. The third kappa shape index (κ3) is 0.974. The zero-order valence-electron chi connectivity index (χ0n) is 6.49. The maximum atomic E-state index is 9.27. The summed E-state index contributed by atoms with van der Waals surface area (Å²) in [6.07, 6.45) is -4.39. The zero-order valence-corrected chi connectivity index (χ0v) is 6.49. The van der Waals surface area contributed by atoms with Gasteiger partial charge in [-0.15, -0.1) is 0 Å². The van der Waals surface area contributed by atoms with Gasteiger partial charge in [-0.2, -0.15) is 0 Å². The lowest BCUT2D eigenvalue weighted by Crippen LogP contribution is -2.58. The number of hydrogen-bond acceptors (Lipinski definition) is 7. The molecule has 2 fully saturated rings. The van der Waals surface area contributed by atoms with E-state index in [1.54, 1.807) is 0 Å². The molecule has 2 rings (SSSR count). The van der Waals surface area contributed by atoms with Crippen LogP contribution in [-0.4, -0.2) is 62.2 Å². The minimum Gasteiger partial charge on any atom is -0.394 e. The van der Waals surface area contributed by atoms with Gasteiger partial charge >= 0.3 is 5.97 Å². The SMILES string of the molecule is OC[C@H]1OC2(O)O[C@@]2(O)[C@@H](O)[C@@H]1O. The Labute approximate surface area is 72.8 Å². The van der Waals surface area contributed by atoms with Crippen molar-refractivity contribution in [2.45, 2.75) is 30.1 Å². The summed E-state index contributed by atoms with van der Waals surface area (Å²) in [7, 11) is 0. The first kappa shape index (κ1) is 9.28. The van der Waals surface area contributed by atoms with Crippen LogP contribution in [0.1, 0.15) is 0 Å². The van der Waals surface area contributed by atoms with Gasteiger partial charge in [-0.05, 0) is 0 Å². The van der Waals surface area contributed by atoms with Gasteiger partial charge in [0.15, 0.2) is 0 Å². The van der Waals surface area contributed by atoms with Crippen LogP contribution in [0, 0.1) is 0 Å². The number of aliphatic hydroxyl groups is 5. The largest absolute Gasteiger partial charge is 0.394 e. The first-order valence-corrected chi connectivity index (χ1v) is 3.74. The Morgan fingerprint density at radius 3 is 2.38 bits per heavy atom. The summed E-state index contributed by atoms with van der Waals surface area (Å²) in [5, 5.41) is 45.6. The van der Waals surface area contributed by atoms with E-state index < -0.39 is 36.7 Å². The van der Waals surface area contributed by atoms with Crippen LogP contribution in [0.5, 0.6) is 0 Å². The smallest absolute Gasteiger partial charge is 0.344 e. The lowest BCUT2D eigenvalue weighted by atomic mass is 9.99. The van der Waals surface area contributed by atoms with Gasteiger partial charge in [-0.1, -0.05) is 0 Å². The van der Waals surface area contributed by atoms with Gasteiger partial charge in [0.25, 0.3) is 5.79 Å². The maximum Gasteiger partial charge on any atom is 0.344 e. The normalized spacial score (nSPS) is 60.2. The third-order valence-corrected chi connectivity index (χ3v) is 2.30. The number of aliphatic hydroxyl groups excluding tert-OH is 3. The van der Waals surface area contributed by atoms with Crippen molar-refractivity contribution < 1.29 is 35.0 Å². The molecule has 1 unspecified atom stereocenters. The number of rotatable bonds is 1. The Kier molecular flexibility index (Phi) is 1.71. The highest BCUT2D eigenvalue weighted by Gasteiger charge is 2.81. The van der Waals surface area contributed by atoms with Crippen LogP contribution in [0.3, 0.4) is 0 Å². The van der Waals surface area contributed by atoms with Crippen LogP contribution in [0.2, 0.25) is 0 Å². The van der Waals surface area contributed by atoms with Crippen LogP contribution in [0.15, 0.2) is 0 Å². The summed E-state index contributed by atoms with van der Waals surface area (Å²) < 4.78 is 8.94. The van der Waals surface area contributed by atoms with E-state index in [9.17, 15) is 20.4 Å². The van der Waals surface area contributed by atoms with E-state index in [1.165, 1.54) is 0 Å². The molecule has 2 aliphatic rings. The summed E-state index contributed by atoms with van der Waals surface area (Å²) in [6, 6.07) is 0. The van der Waals surface area contributed by atoms with Crippen molar-refractivity contribution >= 4 is 0 Å². The Balaban J connectivity index is 2.21. The second kappa shape index (κ2) is 2.39. The lowest BCUT2D eigenvalue weighted by molar-refractivity contribution is -0.294. The van der Waals surface area contributed by atoms with Crippen LogP contribution < -0.4 is 0 Å². The van der Waals surface area contributed by atoms with Gasteiger partial charge in [0, 0.05) is 0 Å². The van der Waals surface area contributed by atoms with Gasteiger partial charge in [-0.25, -0.2) is 0 Å². The second-order valence-corrected chi connectivity index (χ2v) is 3.15. The van der Waals surface area contributed by atoms with Gasteiger partial charge in [0.05, 0.1) is 6.61 Å². The average molecular weight is 194 g/mol. The highest BCUT2D eigenvalue weighted by Crippen LogP contribution is 2.52. The monoisotopic (exact) mass is 194 g/mol. The molecular weight excluding hydrogens is 184 g/mol. The molecule has 2 saturated heterocycles. The molecule has 13 heavy (non-hydrogen) atoms. The number of fused-ring (bicyclic) bond motifs is 1. The molecular formula is C6H10O7. The van der Waals surface area contributed by atoms with Crippen molar-refractivity contribution in [2.75, 3.05) is 6.61 Å². The minimum absolute atomic E-state index is 0.597. The summed E-state index contributed by atoms with van der Waals surface area (Å²) in [4.78, 5) is 0. The lowest BCUT2D eigenvalue weighted by Gasteiger charge is -2.32. The molecule has 7 nitrogen and oxygen atoms in total. The molecule has 5 atom stereocenters. The quantitative estimate of drug-likeness (QED) is 0.274. The molecule has 0 bridgehead atoms. The molecule has 2 aliphatic heterocycles. The van der Waals surface area contributed by atoms with Gasteiger partial charge in [0.2, 0.25) is 0 Å². The molecule has 0 radical (unpaired) electrons. The molecule has 2 heterocycles. The first-order chi connectivity index (χ1) is 5.94. The van der Waals surface area contributed by atoms with Crippen molar-refractivity contribution in [1.82, 2.24) is 0 Å². The van der Waals surface area contributed by atoms with Crippen LogP contribution >= 0.6 is 0 Å². The highest BCUT2D eigenvalue weighted by molar-refractivity contribution is 5.07. The molecule has 0 aliphatic carbocycles. The van der Waals surface area contributed by atoms with Crippen molar-refractivity contribution in [3.63, 3.8) is 0 Å². The standard InChI is InChI=1S/C6H10O7/c7-1-2-3(8)4(9)5(10)6(11,12-2)13-5/h2-4,7-11H,1H2/t2-,3-,4+,5+,6?/m1/s1. The van der Waals surface area contributed by atoms with E-state index in [2.05, 4.69) is 9.47 Å².